The Kier molecular flexibility index (Phi) is 7.70. The van der Waals surface area contributed by atoms with Crippen LogP contribution in [0, 0.1) is 0 Å². The number of benzene rings is 2. The van der Waals surface area contributed by atoms with Gasteiger partial charge in [0.1, 0.15) is 11.6 Å². The largest absolute Gasteiger partial charge is 0.497 e. The third-order valence-electron chi connectivity index (χ3n) is 4.28. The van der Waals surface area contributed by atoms with Crippen molar-refractivity contribution in [3.8, 4) is 5.75 Å². The molecule has 0 aliphatic rings. The van der Waals surface area contributed by atoms with Gasteiger partial charge in [0, 0.05) is 24.8 Å². The summed E-state index contributed by atoms with van der Waals surface area (Å²) in [6.45, 7) is 0.723. The number of hydrogen-bond acceptors (Lipinski definition) is 5. The zero-order valence-corrected chi connectivity index (χ0v) is 18.1. The molecule has 9 heteroatoms. The highest BCUT2D eigenvalue weighted by atomic mass is 35.5. The Morgan fingerprint density at radius 3 is 2.45 bits per heavy atom. The van der Waals surface area contributed by atoms with E-state index in [4.69, 9.17) is 27.9 Å². The molecular formula is C22H20Cl2N4O3. The number of hydrogen-bond donors (Lipinski definition) is 3. The molecule has 3 aromatic rings. The lowest BCUT2D eigenvalue weighted by atomic mass is 10.1. The molecule has 0 aliphatic heterocycles. The number of pyridine rings is 1. The Bertz CT molecular complexity index is 1070. The second kappa shape index (κ2) is 10.7. The van der Waals surface area contributed by atoms with Crippen molar-refractivity contribution in [2.24, 2.45) is 0 Å². The quantitative estimate of drug-likeness (QED) is 0.432. The highest BCUT2D eigenvalue weighted by Crippen LogP contribution is 2.22. The molecule has 0 saturated heterocycles. The maximum atomic E-state index is 12.6. The first-order valence-electron chi connectivity index (χ1n) is 9.35. The number of ether oxygens (including phenoxy) is 1. The molecular weight excluding hydrogens is 439 g/mol. The molecule has 0 aliphatic carbocycles. The summed E-state index contributed by atoms with van der Waals surface area (Å²) < 4.78 is 5.10. The number of rotatable bonds is 8. The fourth-order valence-electron chi connectivity index (χ4n) is 2.72. The van der Waals surface area contributed by atoms with Crippen LogP contribution in [0.15, 0.2) is 60.8 Å². The molecule has 0 saturated carbocycles. The SMILES string of the molecule is COc1ccc(C(=O)Nc2ccccc2C(=O)NCCNc2ncc(Cl)cc2Cl)cc1. The van der Waals surface area contributed by atoms with E-state index in [2.05, 4.69) is 20.9 Å². The van der Waals surface area contributed by atoms with Gasteiger partial charge in [-0.2, -0.15) is 0 Å². The molecule has 1 aromatic heterocycles. The van der Waals surface area contributed by atoms with Crippen LogP contribution >= 0.6 is 23.2 Å². The fraction of sp³-hybridized carbons (Fsp3) is 0.136. The normalized spacial score (nSPS) is 10.3. The molecule has 2 amide bonds. The van der Waals surface area contributed by atoms with E-state index in [1.54, 1.807) is 61.7 Å². The van der Waals surface area contributed by atoms with Crippen LogP contribution in [0.2, 0.25) is 10.0 Å². The third kappa shape index (κ3) is 6.10. The maximum Gasteiger partial charge on any atom is 0.255 e. The lowest BCUT2D eigenvalue weighted by Crippen LogP contribution is -2.30. The van der Waals surface area contributed by atoms with E-state index in [1.807, 2.05) is 0 Å². The van der Waals surface area contributed by atoms with E-state index < -0.39 is 0 Å². The molecule has 2 aromatic carbocycles. The van der Waals surface area contributed by atoms with Crippen molar-refractivity contribution in [2.45, 2.75) is 0 Å². The van der Waals surface area contributed by atoms with E-state index in [0.717, 1.165) is 0 Å². The molecule has 0 bridgehead atoms. The van der Waals surface area contributed by atoms with Crippen molar-refractivity contribution in [2.75, 3.05) is 30.8 Å². The van der Waals surface area contributed by atoms with Gasteiger partial charge in [0.2, 0.25) is 0 Å². The molecule has 0 unspecified atom stereocenters. The summed E-state index contributed by atoms with van der Waals surface area (Å²) in [7, 11) is 1.56. The van der Waals surface area contributed by atoms with Gasteiger partial charge in [-0.25, -0.2) is 4.98 Å². The molecule has 0 spiro atoms. The zero-order valence-electron chi connectivity index (χ0n) is 16.6. The molecule has 3 N–H and O–H groups in total. The minimum absolute atomic E-state index is 0.317. The first kappa shape index (κ1) is 22.4. The Balaban J connectivity index is 1.58. The summed E-state index contributed by atoms with van der Waals surface area (Å²) in [6, 6.07) is 15.1. The van der Waals surface area contributed by atoms with Gasteiger partial charge in [-0.3, -0.25) is 9.59 Å². The fourth-order valence-corrected chi connectivity index (χ4v) is 3.17. The minimum atomic E-state index is -0.326. The second-order valence-corrected chi connectivity index (χ2v) is 7.24. The summed E-state index contributed by atoms with van der Waals surface area (Å²) in [6.07, 6.45) is 1.48. The average Bonchev–Trinajstić information content (AvgIpc) is 2.78. The number of para-hydroxylation sites is 1. The number of aromatic nitrogens is 1. The van der Waals surface area contributed by atoms with E-state index >= 15 is 0 Å². The number of carbonyl (C=O) groups is 2. The molecule has 0 fully saturated rings. The summed E-state index contributed by atoms with van der Waals surface area (Å²) in [5.74, 6) is 0.489. The van der Waals surface area contributed by atoms with Gasteiger partial charge in [0.25, 0.3) is 11.8 Å². The molecule has 0 atom stereocenters. The van der Waals surface area contributed by atoms with Crippen LogP contribution < -0.4 is 20.7 Å². The van der Waals surface area contributed by atoms with E-state index in [-0.39, 0.29) is 11.8 Å². The first-order valence-corrected chi connectivity index (χ1v) is 10.1. The van der Waals surface area contributed by atoms with E-state index in [1.165, 1.54) is 6.20 Å². The summed E-state index contributed by atoms with van der Waals surface area (Å²) in [4.78, 5) is 29.3. The number of amides is 2. The molecule has 0 radical (unpaired) electrons. The Labute approximate surface area is 189 Å². The van der Waals surface area contributed by atoms with Crippen molar-refractivity contribution in [3.63, 3.8) is 0 Å². The smallest absolute Gasteiger partial charge is 0.255 e. The summed E-state index contributed by atoms with van der Waals surface area (Å²) in [5, 5.41) is 9.44. The first-order chi connectivity index (χ1) is 15.0. The van der Waals surface area contributed by atoms with E-state index in [0.29, 0.717) is 51.5 Å². The van der Waals surface area contributed by atoms with Gasteiger partial charge in [-0.05, 0) is 42.5 Å². The van der Waals surface area contributed by atoms with Crippen molar-refractivity contribution in [1.82, 2.24) is 10.3 Å². The van der Waals surface area contributed by atoms with Crippen LogP contribution in [0.25, 0.3) is 0 Å². The highest BCUT2D eigenvalue weighted by Gasteiger charge is 2.14. The predicted octanol–water partition coefficient (Wildman–Crippen LogP) is 4.49. The van der Waals surface area contributed by atoms with Gasteiger partial charge in [-0.1, -0.05) is 35.3 Å². The van der Waals surface area contributed by atoms with Gasteiger partial charge >= 0.3 is 0 Å². The van der Waals surface area contributed by atoms with Crippen LogP contribution in [-0.4, -0.2) is 37.0 Å². The lowest BCUT2D eigenvalue weighted by molar-refractivity contribution is 0.0956. The van der Waals surface area contributed by atoms with Crippen molar-refractivity contribution in [3.05, 3.63) is 82.0 Å². The van der Waals surface area contributed by atoms with Gasteiger partial charge in [0.05, 0.1) is 28.4 Å². The Morgan fingerprint density at radius 2 is 1.74 bits per heavy atom. The van der Waals surface area contributed by atoms with Crippen molar-refractivity contribution >= 4 is 46.5 Å². The van der Waals surface area contributed by atoms with Gasteiger partial charge in [-0.15, -0.1) is 0 Å². The maximum absolute atomic E-state index is 12.6. The van der Waals surface area contributed by atoms with E-state index in [9.17, 15) is 9.59 Å². The minimum Gasteiger partial charge on any atom is -0.497 e. The standard InChI is InChI=1S/C22H20Cl2N4O3/c1-31-16-8-6-14(7-9-16)21(29)28-19-5-3-2-4-17(19)22(30)26-11-10-25-20-18(24)12-15(23)13-27-20/h2-9,12-13H,10-11H2,1H3,(H,25,27)(H,26,30)(H,28,29). The third-order valence-corrected chi connectivity index (χ3v) is 4.78. The van der Waals surface area contributed by atoms with Gasteiger partial charge < -0.3 is 20.7 Å². The topological polar surface area (TPSA) is 92.3 Å². The van der Waals surface area contributed by atoms with Crippen molar-refractivity contribution in [1.29, 1.82) is 0 Å². The summed E-state index contributed by atoms with van der Waals surface area (Å²) >= 11 is 11.9. The number of carbonyl (C=O) groups excluding carboxylic acids is 2. The Morgan fingerprint density at radius 1 is 1.00 bits per heavy atom. The number of anilines is 2. The highest BCUT2D eigenvalue weighted by molar-refractivity contribution is 6.35. The average molecular weight is 459 g/mol. The number of nitrogens with one attached hydrogen (secondary N) is 3. The van der Waals surface area contributed by atoms with Crippen molar-refractivity contribution < 1.29 is 14.3 Å². The summed E-state index contributed by atoms with van der Waals surface area (Å²) in [5.41, 5.74) is 1.22. The molecule has 3 rings (SSSR count). The molecule has 1 heterocycles. The number of halogens is 2. The predicted molar refractivity (Wildman–Crippen MR) is 122 cm³/mol. The number of nitrogens with zero attached hydrogens (tertiary/aromatic N) is 1. The zero-order chi connectivity index (χ0) is 22.2. The second-order valence-electron chi connectivity index (χ2n) is 6.39. The lowest BCUT2D eigenvalue weighted by Gasteiger charge is -2.12. The van der Waals surface area contributed by atoms with Crippen LogP contribution in [0.5, 0.6) is 5.75 Å². The van der Waals surface area contributed by atoms with Crippen LogP contribution in [0.3, 0.4) is 0 Å². The van der Waals surface area contributed by atoms with Gasteiger partial charge in [0.15, 0.2) is 0 Å². The number of methoxy groups -OCH3 is 1. The van der Waals surface area contributed by atoms with Crippen LogP contribution in [-0.2, 0) is 0 Å². The molecule has 31 heavy (non-hydrogen) atoms. The van der Waals surface area contributed by atoms with Crippen LogP contribution in [0.1, 0.15) is 20.7 Å². The van der Waals surface area contributed by atoms with Crippen LogP contribution in [0.4, 0.5) is 11.5 Å². The Hall–Kier alpha value is -3.29. The molecule has 160 valence electrons. The monoisotopic (exact) mass is 458 g/mol. The molecule has 7 nitrogen and oxygen atoms in total.